The van der Waals surface area contributed by atoms with E-state index < -0.39 is 0 Å². The Bertz CT molecular complexity index is 719. The summed E-state index contributed by atoms with van der Waals surface area (Å²) in [5, 5.41) is 3.54. The van der Waals surface area contributed by atoms with E-state index in [1.54, 1.807) is 0 Å². The molecule has 0 saturated carbocycles. The Morgan fingerprint density at radius 2 is 2.11 bits per heavy atom. The van der Waals surface area contributed by atoms with Gasteiger partial charge in [-0.1, -0.05) is 18.2 Å². The Kier molecular flexibility index (Phi) is 10.2. The minimum atomic E-state index is 0. The van der Waals surface area contributed by atoms with Crippen LogP contribution in [0.3, 0.4) is 0 Å². The van der Waals surface area contributed by atoms with Crippen LogP contribution in [0.5, 0.6) is 0 Å². The lowest BCUT2D eigenvalue weighted by atomic mass is 10.2. The quantitative estimate of drug-likeness (QED) is 0.188. The molecule has 1 aromatic heterocycles. The largest absolute Gasteiger partial charge is 0.356 e. The van der Waals surface area contributed by atoms with Crippen LogP contribution in [0.4, 0.5) is 0 Å². The van der Waals surface area contributed by atoms with E-state index in [1.165, 1.54) is 17.1 Å². The average molecular weight is 513 g/mol. The molecule has 0 radical (unpaired) electrons. The number of aryl methyl sites for hydroxylation is 2. The zero-order valence-electron chi connectivity index (χ0n) is 16.9. The fraction of sp³-hybridized carbons (Fsp3) is 0.524. The molecule has 0 bridgehead atoms. The van der Waals surface area contributed by atoms with Crippen molar-refractivity contribution in [2.45, 2.75) is 37.6 Å². The number of halogens is 1. The van der Waals surface area contributed by atoms with Crippen LogP contribution in [0.25, 0.3) is 0 Å². The third kappa shape index (κ3) is 6.99. The number of nitrogens with zero attached hydrogens (tertiary/aromatic N) is 4. The topological polar surface area (TPSA) is 45.5 Å². The molecule has 1 aliphatic heterocycles. The first-order valence-corrected chi connectivity index (χ1v) is 10.9. The van der Waals surface area contributed by atoms with Gasteiger partial charge in [0.25, 0.3) is 0 Å². The molecular formula is C21H32IN5S. The number of thioether (sulfide) groups is 1. The molecule has 1 aromatic carbocycles. The predicted octanol–water partition coefficient (Wildman–Crippen LogP) is 4.28. The summed E-state index contributed by atoms with van der Waals surface area (Å²) in [6.45, 7) is 6.27. The lowest BCUT2D eigenvalue weighted by Crippen LogP contribution is -2.40. The molecule has 1 atom stereocenters. The van der Waals surface area contributed by atoms with E-state index in [1.807, 2.05) is 25.0 Å². The van der Waals surface area contributed by atoms with Gasteiger partial charge in [-0.05, 0) is 44.2 Å². The minimum absolute atomic E-state index is 0. The Morgan fingerprint density at radius 3 is 2.82 bits per heavy atom. The molecule has 2 heterocycles. The number of imidazole rings is 1. The van der Waals surface area contributed by atoms with Crippen molar-refractivity contribution in [1.82, 2.24) is 19.8 Å². The van der Waals surface area contributed by atoms with Crippen LogP contribution in [0, 0.1) is 12.8 Å². The zero-order chi connectivity index (χ0) is 18.9. The highest BCUT2D eigenvalue weighted by Gasteiger charge is 2.24. The van der Waals surface area contributed by atoms with Gasteiger partial charge < -0.3 is 14.8 Å². The van der Waals surface area contributed by atoms with Crippen LogP contribution in [-0.4, -0.2) is 52.8 Å². The third-order valence-electron chi connectivity index (χ3n) is 5.06. The van der Waals surface area contributed by atoms with Crippen LogP contribution in [0.1, 0.15) is 25.1 Å². The highest BCUT2D eigenvalue weighted by atomic mass is 127. The van der Waals surface area contributed by atoms with Gasteiger partial charge in [0.15, 0.2) is 5.96 Å². The molecule has 28 heavy (non-hydrogen) atoms. The van der Waals surface area contributed by atoms with E-state index in [4.69, 9.17) is 0 Å². The van der Waals surface area contributed by atoms with Crippen LogP contribution in [0.15, 0.2) is 52.6 Å². The van der Waals surface area contributed by atoms with E-state index in [9.17, 15) is 0 Å². The summed E-state index contributed by atoms with van der Waals surface area (Å²) in [6, 6.07) is 10.7. The van der Waals surface area contributed by atoms with Crippen LogP contribution in [0.2, 0.25) is 0 Å². The molecule has 1 fully saturated rings. The van der Waals surface area contributed by atoms with Gasteiger partial charge in [0.1, 0.15) is 5.82 Å². The Morgan fingerprint density at radius 1 is 1.29 bits per heavy atom. The third-order valence-corrected chi connectivity index (χ3v) is 6.30. The highest BCUT2D eigenvalue weighted by molar-refractivity contribution is 14.0. The van der Waals surface area contributed by atoms with Crippen LogP contribution in [-0.2, 0) is 6.54 Å². The van der Waals surface area contributed by atoms with Gasteiger partial charge in [-0.15, -0.1) is 35.7 Å². The van der Waals surface area contributed by atoms with E-state index in [2.05, 4.69) is 68.2 Å². The summed E-state index contributed by atoms with van der Waals surface area (Å²) in [4.78, 5) is 12.5. The molecular weight excluding hydrogens is 481 g/mol. The van der Waals surface area contributed by atoms with Crippen molar-refractivity contribution >= 4 is 41.7 Å². The number of nitrogens with one attached hydrogen (secondary N) is 1. The maximum atomic E-state index is 4.49. The van der Waals surface area contributed by atoms with Gasteiger partial charge in [-0.2, -0.15) is 0 Å². The molecule has 3 rings (SSSR count). The first-order chi connectivity index (χ1) is 13.3. The molecule has 154 valence electrons. The summed E-state index contributed by atoms with van der Waals surface area (Å²) in [5.74, 6) is 4.07. The summed E-state index contributed by atoms with van der Waals surface area (Å²) in [6.07, 6.45) is 7.46. The zero-order valence-corrected chi connectivity index (χ0v) is 20.0. The molecule has 1 N–H and O–H groups in total. The van der Waals surface area contributed by atoms with Gasteiger partial charge >= 0.3 is 0 Å². The normalized spacial score (nSPS) is 16.9. The lowest BCUT2D eigenvalue weighted by Gasteiger charge is -2.21. The number of hydrogen-bond acceptors (Lipinski definition) is 3. The van der Waals surface area contributed by atoms with E-state index >= 15 is 0 Å². The molecule has 0 aliphatic carbocycles. The minimum Gasteiger partial charge on any atom is -0.356 e. The van der Waals surface area contributed by atoms with Gasteiger partial charge in [0.2, 0.25) is 0 Å². The first kappa shape index (κ1) is 23.1. The first-order valence-electron chi connectivity index (χ1n) is 9.87. The SMILES string of the molecule is CN=C(NCCCCn1ccnc1C)N1CCC(CSc2ccccc2)C1.I. The molecule has 1 unspecified atom stereocenters. The summed E-state index contributed by atoms with van der Waals surface area (Å²) in [5.41, 5.74) is 0. The molecule has 2 aromatic rings. The lowest BCUT2D eigenvalue weighted by molar-refractivity contribution is 0.471. The van der Waals surface area contributed by atoms with Crippen molar-refractivity contribution in [2.24, 2.45) is 10.9 Å². The summed E-state index contributed by atoms with van der Waals surface area (Å²) < 4.78 is 2.21. The standard InChI is InChI=1S/C21H31N5S.HI/c1-18-23-12-15-25(18)13-7-6-11-24-21(22-2)26-14-10-19(16-26)17-27-20-8-4-3-5-9-20;/h3-5,8-9,12,15,19H,6-7,10-11,13-14,16-17H2,1-2H3,(H,22,24);1H. The second-order valence-corrected chi connectivity index (χ2v) is 8.17. The maximum absolute atomic E-state index is 4.49. The van der Waals surface area contributed by atoms with Crippen molar-refractivity contribution < 1.29 is 0 Å². The number of rotatable bonds is 8. The average Bonchev–Trinajstić information content (AvgIpc) is 3.33. The van der Waals surface area contributed by atoms with Gasteiger partial charge in [-0.25, -0.2) is 4.98 Å². The van der Waals surface area contributed by atoms with Crippen molar-refractivity contribution in [3.05, 3.63) is 48.5 Å². The van der Waals surface area contributed by atoms with Crippen LogP contribution < -0.4 is 5.32 Å². The number of hydrogen-bond donors (Lipinski definition) is 1. The van der Waals surface area contributed by atoms with Gasteiger partial charge in [0.05, 0.1) is 0 Å². The Balaban J connectivity index is 0.00000280. The number of likely N-dealkylation sites (tertiary alicyclic amines) is 1. The number of benzene rings is 1. The van der Waals surface area contributed by atoms with E-state index in [0.717, 1.165) is 56.7 Å². The maximum Gasteiger partial charge on any atom is 0.193 e. The molecule has 0 amide bonds. The Labute approximate surface area is 190 Å². The van der Waals surface area contributed by atoms with Crippen molar-refractivity contribution in [3.63, 3.8) is 0 Å². The van der Waals surface area contributed by atoms with Crippen molar-refractivity contribution in [1.29, 1.82) is 0 Å². The van der Waals surface area contributed by atoms with Crippen LogP contribution >= 0.6 is 35.7 Å². The second-order valence-electron chi connectivity index (χ2n) is 7.07. The van der Waals surface area contributed by atoms with E-state index in [0.29, 0.717) is 0 Å². The number of unbranched alkanes of at least 4 members (excludes halogenated alkanes) is 1. The number of aliphatic imine (C=N–C) groups is 1. The van der Waals surface area contributed by atoms with Crippen molar-refractivity contribution in [2.75, 3.05) is 32.4 Å². The van der Waals surface area contributed by atoms with E-state index in [-0.39, 0.29) is 24.0 Å². The number of aromatic nitrogens is 2. The van der Waals surface area contributed by atoms with Crippen molar-refractivity contribution in [3.8, 4) is 0 Å². The monoisotopic (exact) mass is 513 g/mol. The molecule has 0 spiro atoms. The molecule has 5 nitrogen and oxygen atoms in total. The summed E-state index contributed by atoms with van der Waals surface area (Å²) >= 11 is 1.97. The Hall–Kier alpha value is -1.22. The smallest absolute Gasteiger partial charge is 0.193 e. The van der Waals surface area contributed by atoms with Gasteiger partial charge in [0, 0.05) is 56.3 Å². The summed E-state index contributed by atoms with van der Waals surface area (Å²) in [7, 11) is 1.89. The fourth-order valence-corrected chi connectivity index (χ4v) is 4.52. The molecule has 7 heteroatoms. The molecule has 1 aliphatic rings. The fourth-order valence-electron chi connectivity index (χ4n) is 3.47. The van der Waals surface area contributed by atoms with Gasteiger partial charge in [-0.3, -0.25) is 4.99 Å². The molecule has 1 saturated heterocycles. The number of guanidine groups is 1. The highest BCUT2D eigenvalue weighted by Crippen LogP contribution is 2.25. The predicted molar refractivity (Wildman–Crippen MR) is 130 cm³/mol. The second kappa shape index (κ2) is 12.4.